The van der Waals surface area contributed by atoms with Crippen molar-refractivity contribution in [3.8, 4) is 0 Å². The van der Waals surface area contributed by atoms with Crippen LogP contribution in [0.1, 0.15) is 25.7 Å². The van der Waals surface area contributed by atoms with Crippen molar-refractivity contribution in [3.05, 3.63) is 0 Å². The van der Waals surface area contributed by atoms with Crippen LogP contribution in [0.4, 0.5) is 0 Å². The number of esters is 2. The second-order valence-electron chi connectivity index (χ2n) is 6.80. The van der Waals surface area contributed by atoms with Crippen LogP contribution in [0.2, 0.25) is 0 Å². The summed E-state index contributed by atoms with van der Waals surface area (Å²) < 4.78 is 9.94. The predicted octanol–water partition coefficient (Wildman–Crippen LogP) is -7.56. The van der Waals surface area contributed by atoms with Crippen LogP contribution in [0.5, 0.6) is 0 Å². The molecular weight excluding hydrogens is 400 g/mol. The highest BCUT2D eigenvalue weighted by atomic mass is 16.6. The maximum absolute atomic E-state index is 12.0. The van der Waals surface area contributed by atoms with Gasteiger partial charge in [0.15, 0.2) is 12.4 Å². The van der Waals surface area contributed by atoms with Gasteiger partial charge in [0, 0.05) is 6.54 Å². The highest BCUT2D eigenvalue weighted by Crippen LogP contribution is 2.06. The molecule has 0 aliphatic rings. The van der Waals surface area contributed by atoms with Crippen LogP contribution in [0.15, 0.2) is 0 Å². The number of aliphatic hydroxyl groups is 2. The van der Waals surface area contributed by atoms with Gasteiger partial charge in [-0.25, -0.2) is 0 Å². The summed E-state index contributed by atoms with van der Waals surface area (Å²) in [4.78, 5) is 26.6. The van der Waals surface area contributed by atoms with Crippen molar-refractivity contribution >= 4 is 17.9 Å². The minimum absolute atomic E-state index is 0.0673. The van der Waals surface area contributed by atoms with Crippen LogP contribution in [-0.2, 0) is 19.1 Å². The number of carbonyl (C=O) groups is 2. The van der Waals surface area contributed by atoms with Gasteiger partial charge in [-0.1, -0.05) is 0 Å². The van der Waals surface area contributed by atoms with Crippen molar-refractivity contribution in [1.29, 1.82) is 0 Å². The number of carbonyl (C=O) groups excluding carboxylic acids is 2. The first kappa shape index (κ1) is 27.9. The molecule has 0 radical (unpaired) electrons. The van der Waals surface area contributed by atoms with Gasteiger partial charge in [0.05, 0.1) is 13.2 Å². The molecule has 0 heterocycles. The van der Waals surface area contributed by atoms with Crippen molar-refractivity contribution < 1.29 is 40.0 Å². The molecule has 0 aliphatic carbocycles. The van der Waals surface area contributed by atoms with Gasteiger partial charge in [0.25, 0.3) is 0 Å². The number of hydrogen-bond donors (Lipinski definition) is 10. The van der Waals surface area contributed by atoms with Crippen molar-refractivity contribution in [1.82, 2.24) is 5.32 Å². The van der Waals surface area contributed by atoms with E-state index < -0.39 is 55.7 Å². The van der Waals surface area contributed by atoms with E-state index in [1.807, 2.05) is 0 Å². The van der Waals surface area contributed by atoms with Crippen LogP contribution in [0.25, 0.3) is 0 Å². The van der Waals surface area contributed by atoms with Crippen LogP contribution in [0, 0.1) is 0 Å². The lowest BCUT2D eigenvalue weighted by atomic mass is 10.1. The SMILES string of the molecule is NC(N)=[NH+]CCCC(N)C(=O)OCC(O)C(CO)OC(=O)C(N)CCCNC(N)[NH3+]. The van der Waals surface area contributed by atoms with Gasteiger partial charge in [-0.2, -0.15) is 0 Å². The second-order valence-corrected chi connectivity index (χ2v) is 6.80. The molecular formula is C16H38N8O6+2. The molecule has 0 amide bonds. The Morgan fingerprint density at radius 2 is 1.67 bits per heavy atom. The third kappa shape index (κ3) is 13.2. The summed E-state index contributed by atoms with van der Waals surface area (Å²) in [7, 11) is 0. The molecule has 0 rings (SSSR count). The minimum atomic E-state index is -1.44. The average Bonchev–Trinajstić information content (AvgIpc) is 2.69. The Labute approximate surface area is 175 Å². The number of hydrogen-bond acceptors (Lipinski definition) is 10. The lowest BCUT2D eigenvalue weighted by molar-refractivity contribution is -0.459. The maximum atomic E-state index is 12.0. The summed E-state index contributed by atoms with van der Waals surface area (Å²) in [5.74, 6) is -1.47. The number of aliphatic hydroxyl groups excluding tert-OH is 2. The van der Waals surface area contributed by atoms with E-state index in [2.05, 4.69) is 16.0 Å². The standard InChI is InChI=1S/C16H36N8O6/c17-9(3-1-5-23-15(19)20)13(27)29-8-11(26)12(7-25)30-14(28)10(18)4-2-6-24-16(21)22/h9-12,16,24-26H,1-8,17-18,21-22H2,(H4,19,20,23)/p+2. The molecule has 5 unspecified atom stereocenters. The fourth-order valence-corrected chi connectivity index (χ4v) is 2.26. The van der Waals surface area contributed by atoms with Crippen LogP contribution in [-0.4, -0.2) is 85.0 Å². The number of rotatable bonds is 16. The largest absolute Gasteiger partial charge is 0.462 e. The van der Waals surface area contributed by atoms with E-state index in [4.69, 9.17) is 38.1 Å². The molecule has 0 aliphatic heterocycles. The molecule has 17 N–H and O–H groups in total. The lowest BCUT2D eigenvalue weighted by Gasteiger charge is -2.23. The topological polar surface area (TPSA) is 277 Å². The quantitative estimate of drug-likeness (QED) is 0.0353. The first-order chi connectivity index (χ1) is 14.1. The average molecular weight is 439 g/mol. The van der Waals surface area contributed by atoms with E-state index >= 15 is 0 Å². The predicted molar refractivity (Wildman–Crippen MR) is 106 cm³/mol. The van der Waals surface area contributed by atoms with E-state index in [1.165, 1.54) is 0 Å². The minimum Gasteiger partial charge on any atom is -0.462 e. The number of quaternary nitrogens is 1. The third-order valence-corrected chi connectivity index (χ3v) is 4.00. The molecule has 14 nitrogen and oxygen atoms in total. The fraction of sp³-hybridized carbons (Fsp3) is 0.812. The summed E-state index contributed by atoms with van der Waals surface area (Å²) in [6, 6.07) is -1.86. The number of ether oxygens (including phenoxy) is 2. The molecule has 0 aromatic carbocycles. The smallest absolute Gasteiger partial charge is 0.338 e. The molecule has 0 saturated heterocycles. The lowest BCUT2D eigenvalue weighted by Crippen LogP contribution is -2.78. The first-order valence-electron chi connectivity index (χ1n) is 9.69. The van der Waals surface area contributed by atoms with E-state index in [0.717, 1.165) is 0 Å². The van der Waals surface area contributed by atoms with Gasteiger partial charge in [-0.3, -0.25) is 37.1 Å². The molecule has 14 heteroatoms. The molecule has 0 aromatic rings. The highest BCUT2D eigenvalue weighted by molar-refractivity contribution is 5.76. The summed E-state index contributed by atoms with van der Waals surface area (Å²) >= 11 is 0. The Bertz CT molecular complexity index is 532. The number of nitrogens with two attached hydrogens (primary N) is 5. The van der Waals surface area contributed by atoms with Gasteiger partial charge < -0.3 is 36.9 Å². The van der Waals surface area contributed by atoms with Crippen molar-refractivity contribution in [2.45, 2.75) is 56.3 Å². The van der Waals surface area contributed by atoms with Crippen LogP contribution in [0.3, 0.4) is 0 Å². The Hall–Kier alpha value is -2.07. The van der Waals surface area contributed by atoms with Crippen molar-refractivity contribution in [2.75, 3.05) is 26.3 Å². The summed E-state index contributed by atoms with van der Waals surface area (Å²) in [6.45, 7) is -0.230. The first-order valence-corrected chi connectivity index (χ1v) is 9.69. The maximum Gasteiger partial charge on any atom is 0.338 e. The molecule has 176 valence electrons. The molecule has 30 heavy (non-hydrogen) atoms. The highest BCUT2D eigenvalue weighted by Gasteiger charge is 2.27. The molecule has 5 atom stereocenters. The van der Waals surface area contributed by atoms with Crippen molar-refractivity contribution in [2.24, 2.45) is 28.7 Å². The fourth-order valence-electron chi connectivity index (χ4n) is 2.26. The zero-order chi connectivity index (χ0) is 23.1. The Balaban J connectivity index is 4.29. The van der Waals surface area contributed by atoms with E-state index in [0.29, 0.717) is 38.8 Å². The van der Waals surface area contributed by atoms with Gasteiger partial charge in [0.2, 0.25) is 0 Å². The molecule has 0 spiro atoms. The molecule has 0 fully saturated rings. The zero-order valence-electron chi connectivity index (χ0n) is 17.2. The Morgan fingerprint density at radius 3 is 2.23 bits per heavy atom. The van der Waals surface area contributed by atoms with Crippen LogP contribution >= 0.6 is 0 Å². The Morgan fingerprint density at radius 1 is 1.07 bits per heavy atom. The number of guanidine groups is 1. The summed E-state index contributed by atoms with van der Waals surface area (Å²) in [5.41, 5.74) is 30.9. The van der Waals surface area contributed by atoms with Gasteiger partial charge >= 0.3 is 17.9 Å². The van der Waals surface area contributed by atoms with Crippen LogP contribution < -0.4 is 44.7 Å². The van der Waals surface area contributed by atoms with Gasteiger partial charge in [-0.15, -0.1) is 0 Å². The van der Waals surface area contributed by atoms with E-state index in [9.17, 15) is 19.8 Å². The third-order valence-electron chi connectivity index (χ3n) is 4.00. The van der Waals surface area contributed by atoms with Gasteiger partial charge in [-0.05, 0) is 25.7 Å². The van der Waals surface area contributed by atoms with E-state index in [1.54, 1.807) is 0 Å². The van der Waals surface area contributed by atoms with E-state index in [-0.39, 0.29) is 5.96 Å². The molecule has 0 saturated carbocycles. The summed E-state index contributed by atoms with van der Waals surface area (Å²) in [6.07, 6.45) is -1.49. The number of nitrogens with one attached hydrogen (secondary N) is 2. The molecule has 0 aromatic heterocycles. The zero-order valence-corrected chi connectivity index (χ0v) is 17.2. The molecule has 0 bridgehead atoms. The Kier molecular flexibility index (Phi) is 14.6. The van der Waals surface area contributed by atoms with Crippen molar-refractivity contribution in [3.63, 3.8) is 0 Å². The normalized spacial score (nSPS) is 16.1. The monoisotopic (exact) mass is 438 g/mol. The van der Waals surface area contributed by atoms with Gasteiger partial charge in [0.1, 0.15) is 24.8 Å². The second kappa shape index (κ2) is 15.7. The summed E-state index contributed by atoms with van der Waals surface area (Å²) in [5, 5.41) is 22.3.